The van der Waals surface area contributed by atoms with Gasteiger partial charge in [-0.25, -0.2) is 0 Å². The number of hydrogen-bond donors (Lipinski definition) is 0. The Morgan fingerprint density at radius 2 is 2.58 bits per heavy atom. The molecule has 0 aromatic carbocycles. The lowest BCUT2D eigenvalue weighted by molar-refractivity contribution is 0.439. The van der Waals surface area contributed by atoms with E-state index in [1.54, 1.807) is 0 Å². The Morgan fingerprint density at radius 3 is 3.33 bits per heavy atom. The highest BCUT2D eigenvalue weighted by Gasteiger charge is 2.53. The molecule has 0 aliphatic carbocycles. The SMILES string of the molecule is CCCSCS12OC1CCCS2. The number of hydrogen-bond acceptors (Lipinski definition) is 3. The molecule has 0 saturated carbocycles. The van der Waals surface area contributed by atoms with E-state index in [4.69, 9.17) is 4.18 Å². The van der Waals surface area contributed by atoms with Crippen molar-refractivity contribution in [3.63, 3.8) is 0 Å². The molecule has 0 bridgehead atoms. The predicted molar refractivity (Wildman–Crippen MR) is 61.8 cm³/mol. The molecule has 2 heterocycles. The Labute approximate surface area is 84.3 Å². The Hall–Kier alpha value is 1.01. The second kappa shape index (κ2) is 4.03. The highest BCUT2D eigenvalue weighted by Crippen LogP contribution is 2.82. The summed E-state index contributed by atoms with van der Waals surface area (Å²) in [5.41, 5.74) is 0.695. The molecule has 2 unspecified atom stereocenters. The molecule has 0 aromatic rings. The molecule has 2 saturated heterocycles. The topological polar surface area (TPSA) is 12.5 Å². The standard InChI is InChI=1S/C8H16OS3/c1-2-5-10-7-12-8(9-12)4-3-6-11-12/h8H,2-7H2,1H3. The third-order valence-electron chi connectivity index (χ3n) is 2.10. The molecule has 2 aliphatic heterocycles. The van der Waals surface area contributed by atoms with Gasteiger partial charge in [0.25, 0.3) is 0 Å². The van der Waals surface area contributed by atoms with E-state index in [-0.39, 0.29) is 0 Å². The van der Waals surface area contributed by atoms with Gasteiger partial charge in [0.15, 0.2) is 0 Å². The molecule has 2 rings (SSSR count). The van der Waals surface area contributed by atoms with Crippen molar-refractivity contribution in [3.05, 3.63) is 0 Å². The van der Waals surface area contributed by atoms with Gasteiger partial charge in [-0.2, -0.15) is 0 Å². The zero-order valence-electron chi connectivity index (χ0n) is 7.45. The first-order valence-corrected chi connectivity index (χ1v) is 9.02. The zero-order chi connectivity index (χ0) is 8.44. The molecule has 72 valence electrons. The van der Waals surface area contributed by atoms with E-state index in [0.29, 0.717) is 5.44 Å². The number of thioether (sulfide) groups is 1. The summed E-state index contributed by atoms with van der Waals surface area (Å²) in [6.07, 6.45) is 4.02. The average molecular weight is 224 g/mol. The molecule has 12 heavy (non-hydrogen) atoms. The lowest BCUT2D eigenvalue weighted by Gasteiger charge is -2.19. The normalized spacial score (nSPS) is 44.6. The van der Waals surface area contributed by atoms with Gasteiger partial charge in [0.2, 0.25) is 0 Å². The summed E-state index contributed by atoms with van der Waals surface area (Å²) in [5, 5.41) is 1.30. The summed E-state index contributed by atoms with van der Waals surface area (Å²) in [6.45, 7) is 2.25. The number of rotatable bonds is 4. The molecule has 2 aliphatic rings. The maximum absolute atomic E-state index is 5.84. The summed E-state index contributed by atoms with van der Waals surface area (Å²) in [7, 11) is 1.56. The first-order chi connectivity index (χ1) is 5.87. The molecule has 1 nitrogen and oxygen atoms in total. The van der Waals surface area contributed by atoms with Crippen molar-refractivity contribution in [3.8, 4) is 0 Å². The third kappa shape index (κ3) is 1.91. The van der Waals surface area contributed by atoms with Crippen LogP contribution in [0.5, 0.6) is 0 Å². The average Bonchev–Trinajstić information content (AvgIpc) is 2.79. The fraction of sp³-hybridized carbons (Fsp3) is 1.00. The van der Waals surface area contributed by atoms with Crippen LogP contribution in [0.15, 0.2) is 0 Å². The molecule has 2 atom stereocenters. The van der Waals surface area contributed by atoms with Crippen LogP contribution in [0.3, 0.4) is 0 Å². The molecule has 0 radical (unpaired) electrons. The Bertz CT molecular complexity index is 164. The van der Waals surface area contributed by atoms with Crippen LogP contribution in [0.2, 0.25) is 0 Å². The molecule has 0 aromatic heterocycles. The highest BCUT2D eigenvalue weighted by atomic mass is 33.2. The quantitative estimate of drug-likeness (QED) is 0.411. The fourth-order valence-electron chi connectivity index (χ4n) is 1.40. The first-order valence-electron chi connectivity index (χ1n) is 4.57. The van der Waals surface area contributed by atoms with E-state index >= 15 is 0 Å². The Morgan fingerprint density at radius 1 is 1.67 bits per heavy atom. The molecular formula is C8H16OS3. The van der Waals surface area contributed by atoms with Crippen LogP contribution in [0, 0.1) is 0 Å². The van der Waals surface area contributed by atoms with Crippen LogP contribution >= 0.6 is 31.9 Å². The number of fused-ring (bicyclic) bond motifs is 1. The minimum Gasteiger partial charge on any atom is -0.309 e. The maximum atomic E-state index is 5.84. The summed E-state index contributed by atoms with van der Waals surface area (Å²) in [4.78, 5) is 0. The fourth-order valence-corrected chi connectivity index (χ4v) is 9.96. The second-order valence-electron chi connectivity index (χ2n) is 3.18. The van der Waals surface area contributed by atoms with Crippen molar-refractivity contribution in [2.45, 2.75) is 31.6 Å². The van der Waals surface area contributed by atoms with Gasteiger partial charge >= 0.3 is 0 Å². The summed E-state index contributed by atoms with van der Waals surface area (Å²) in [6, 6.07) is 0. The lowest BCUT2D eigenvalue weighted by atomic mass is 10.4. The van der Waals surface area contributed by atoms with Gasteiger partial charge in [-0.3, -0.25) is 0 Å². The predicted octanol–water partition coefficient (Wildman–Crippen LogP) is 3.61. The van der Waals surface area contributed by atoms with Crippen LogP contribution in [-0.2, 0) is 4.18 Å². The summed E-state index contributed by atoms with van der Waals surface area (Å²) in [5.74, 6) is 2.66. The van der Waals surface area contributed by atoms with E-state index in [2.05, 4.69) is 29.5 Å². The second-order valence-corrected chi connectivity index (χ2v) is 10.0. The van der Waals surface area contributed by atoms with Gasteiger partial charge in [0.1, 0.15) is 5.44 Å². The molecule has 0 spiro atoms. The van der Waals surface area contributed by atoms with Crippen LogP contribution < -0.4 is 0 Å². The van der Waals surface area contributed by atoms with Crippen molar-refractivity contribution in [2.75, 3.05) is 16.6 Å². The summed E-state index contributed by atoms with van der Waals surface area (Å²) < 4.78 is 5.84. The Kier molecular flexibility index (Phi) is 3.21. The van der Waals surface area contributed by atoms with E-state index in [1.807, 2.05) is 0 Å². The molecule has 4 heteroatoms. The molecule has 0 amide bonds. The molecular weight excluding hydrogens is 208 g/mol. The largest absolute Gasteiger partial charge is 0.309 e. The lowest BCUT2D eigenvalue weighted by Crippen LogP contribution is -1.97. The van der Waals surface area contributed by atoms with Crippen molar-refractivity contribution in [1.29, 1.82) is 0 Å². The first kappa shape index (κ1) is 9.56. The van der Waals surface area contributed by atoms with Gasteiger partial charge in [-0.15, -0.1) is 11.8 Å². The monoisotopic (exact) mass is 224 g/mol. The Balaban J connectivity index is 1.73. The summed E-state index contributed by atoms with van der Waals surface area (Å²) >= 11 is 2.09. The van der Waals surface area contributed by atoms with E-state index < -0.39 is 9.34 Å². The zero-order valence-corrected chi connectivity index (χ0v) is 9.90. The van der Waals surface area contributed by atoms with E-state index in [0.717, 1.165) is 0 Å². The van der Waals surface area contributed by atoms with Crippen LogP contribution in [0.25, 0.3) is 0 Å². The van der Waals surface area contributed by atoms with Gasteiger partial charge in [0.05, 0.1) is 5.08 Å². The maximum Gasteiger partial charge on any atom is 0.131 e. The smallest absolute Gasteiger partial charge is 0.131 e. The van der Waals surface area contributed by atoms with Gasteiger partial charge in [0, 0.05) is 5.75 Å². The van der Waals surface area contributed by atoms with Gasteiger partial charge < -0.3 is 4.18 Å². The van der Waals surface area contributed by atoms with Gasteiger partial charge in [-0.05, 0) is 34.4 Å². The van der Waals surface area contributed by atoms with Crippen molar-refractivity contribution < 1.29 is 4.18 Å². The third-order valence-corrected chi connectivity index (χ3v) is 10.6. The van der Waals surface area contributed by atoms with Crippen molar-refractivity contribution >= 4 is 31.9 Å². The van der Waals surface area contributed by atoms with Crippen molar-refractivity contribution in [2.24, 2.45) is 0 Å². The minimum atomic E-state index is -0.566. The highest BCUT2D eigenvalue weighted by molar-refractivity contribution is 8.96. The molecule has 2 fully saturated rings. The van der Waals surface area contributed by atoms with Crippen molar-refractivity contribution in [1.82, 2.24) is 0 Å². The van der Waals surface area contributed by atoms with E-state index in [1.165, 1.54) is 35.9 Å². The van der Waals surface area contributed by atoms with E-state index in [9.17, 15) is 0 Å². The van der Waals surface area contributed by atoms with Crippen LogP contribution in [-0.4, -0.2) is 22.0 Å². The van der Waals surface area contributed by atoms with Crippen LogP contribution in [0.4, 0.5) is 0 Å². The van der Waals surface area contributed by atoms with Gasteiger partial charge in [-0.1, -0.05) is 17.7 Å². The van der Waals surface area contributed by atoms with Crippen LogP contribution in [0.1, 0.15) is 26.2 Å². The minimum absolute atomic E-state index is 0.566. The molecule has 0 N–H and O–H groups in total.